The zero-order valence-corrected chi connectivity index (χ0v) is 7.56. The van der Waals surface area contributed by atoms with Gasteiger partial charge >= 0.3 is 0 Å². The highest BCUT2D eigenvalue weighted by Crippen LogP contribution is 2.19. The van der Waals surface area contributed by atoms with E-state index in [4.69, 9.17) is 11.6 Å². The maximum absolute atomic E-state index is 5.47. The summed E-state index contributed by atoms with van der Waals surface area (Å²) in [4.78, 5) is 0. The molecular formula is C7H10BrN3. The predicted octanol–water partition coefficient (Wildman–Crippen LogP) is 1.19. The van der Waals surface area contributed by atoms with Crippen molar-refractivity contribution in [2.24, 2.45) is 11.6 Å². The van der Waals surface area contributed by atoms with Gasteiger partial charge in [-0.3, -0.25) is 5.84 Å². The molecule has 0 radical (unpaired) electrons. The Morgan fingerprint density at radius 2 is 2.18 bits per heavy atom. The molecule has 0 aliphatic rings. The minimum Gasteiger partial charge on any atom is -0.326 e. The largest absolute Gasteiger partial charge is 0.326 e. The van der Waals surface area contributed by atoms with Gasteiger partial charge < -0.3 is 11.2 Å². The number of halogens is 1. The van der Waals surface area contributed by atoms with E-state index in [9.17, 15) is 0 Å². The second-order valence-electron chi connectivity index (χ2n) is 2.15. The number of hydrazine groups is 1. The standard InChI is InChI=1S/C7H10BrN3/c8-6-2-1-5(4-9)7(3-6)11-10/h1-3,11H,4,9-10H2. The molecule has 0 saturated carbocycles. The lowest BCUT2D eigenvalue weighted by Gasteiger charge is -2.06. The molecule has 0 unspecified atom stereocenters. The van der Waals surface area contributed by atoms with Crippen LogP contribution in [0.5, 0.6) is 0 Å². The molecule has 0 bridgehead atoms. The average molecular weight is 216 g/mol. The Labute approximate surface area is 73.9 Å². The minimum atomic E-state index is 0.493. The lowest BCUT2D eigenvalue weighted by molar-refractivity contribution is 1.06. The van der Waals surface area contributed by atoms with Crippen LogP contribution in [0, 0.1) is 0 Å². The van der Waals surface area contributed by atoms with Crippen LogP contribution in [-0.2, 0) is 6.54 Å². The highest BCUT2D eigenvalue weighted by Gasteiger charge is 1.98. The Balaban J connectivity index is 3.06. The van der Waals surface area contributed by atoms with Gasteiger partial charge in [-0.1, -0.05) is 22.0 Å². The van der Waals surface area contributed by atoms with Gasteiger partial charge in [-0.2, -0.15) is 0 Å². The Hall–Kier alpha value is -0.580. The lowest BCUT2D eigenvalue weighted by atomic mass is 10.2. The van der Waals surface area contributed by atoms with Crippen LogP contribution in [0.25, 0.3) is 0 Å². The van der Waals surface area contributed by atoms with E-state index in [2.05, 4.69) is 21.4 Å². The van der Waals surface area contributed by atoms with Gasteiger partial charge in [0.25, 0.3) is 0 Å². The molecule has 5 N–H and O–H groups in total. The van der Waals surface area contributed by atoms with E-state index >= 15 is 0 Å². The first-order valence-electron chi connectivity index (χ1n) is 3.23. The van der Waals surface area contributed by atoms with Gasteiger partial charge in [0.2, 0.25) is 0 Å². The van der Waals surface area contributed by atoms with Crippen LogP contribution in [0.3, 0.4) is 0 Å². The smallest absolute Gasteiger partial charge is 0.0541 e. The lowest BCUT2D eigenvalue weighted by Crippen LogP contribution is -2.10. The number of rotatable bonds is 2. The van der Waals surface area contributed by atoms with E-state index in [1.54, 1.807) is 0 Å². The molecule has 4 heteroatoms. The van der Waals surface area contributed by atoms with Crippen molar-refractivity contribution in [1.82, 2.24) is 0 Å². The summed E-state index contributed by atoms with van der Waals surface area (Å²) in [5.41, 5.74) is 9.92. The summed E-state index contributed by atoms with van der Waals surface area (Å²) in [6.45, 7) is 0.493. The van der Waals surface area contributed by atoms with E-state index in [1.165, 1.54) is 0 Å². The van der Waals surface area contributed by atoms with Gasteiger partial charge in [-0.05, 0) is 17.7 Å². The molecule has 3 nitrogen and oxygen atoms in total. The van der Waals surface area contributed by atoms with Crippen LogP contribution < -0.4 is 17.0 Å². The van der Waals surface area contributed by atoms with Gasteiger partial charge in [-0.15, -0.1) is 0 Å². The number of benzene rings is 1. The fourth-order valence-corrected chi connectivity index (χ4v) is 1.22. The summed E-state index contributed by atoms with van der Waals surface area (Å²) in [5, 5.41) is 0. The first-order chi connectivity index (χ1) is 5.27. The molecule has 0 saturated heterocycles. The van der Waals surface area contributed by atoms with Crippen LogP contribution >= 0.6 is 15.9 Å². The van der Waals surface area contributed by atoms with Crippen LogP contribution in [0.15, 0.2) is 22.7 Å². The second kappa shape index (κ2) is 3.71. The molecular weight excluding hydrogens is 206 g/mol. The fourth-order valence-electron chi connectivity index (χ4n) is 0.861. The predicted molar refractivity (Wildman–Crippen MR) is 49.8 cm³/mol. The minimum absolute atomic E-state index is 0.493. The molecule has 0 heterocycles. The highest BCUT2D eigenvalue weighted by atomic mass is 79.9. The van der Waals surface area contributed by atoms with Gasteiger partial charge in [-0.25, -0.2) is 0 Å². The number of hydrogen-bond donors (Lipinski definition) is 3. The zero-order chi connectivity index (χ0) is 8.27. The van der Waals surface area contributed by atoms with Gasteiger partial charge in [0.15, 0.2) is 0 Å². The number of hydrogen-bond acceptors (Lipinski definition) is 3. The molecule has 1 rings (SSSR count). The number of nitrogen functional groups attached to an aromatic ring is 1. The Morgan fingerprint density at radius 3 is 2.73 bits per heavy atom. The summed E-state index contributed by atoms with van der Waals surface area (Å²) in [6, 6.07) is 5.75. The summed E-state index contributed by atoms with van der Waals surface area (Å²) in [5.74, 6) is 5.27. The third-order valence-electron chi connectivity index (χ3n) is 1.45. The normalized spacial score (nSPS) is 9.73. The molecule has 0 atom stereocenters. The van der Waals surface area contributed by atoms with Crippen molar-refractivity contribution in [1.29, 1.82) is 0 Å². The quantitative estimate of drug-likeness (QED) is 0.514. The molecule has 0 amide bonds. The SMILES string of the molecule is NCc1ccc(Br)cc1NN. The highest BCUT2D eigenvalue weighted by molar-refractivity contribution is 9.10. The molecule has 1 aromatic carbocycles. The summed E-state index contributed by atoms with van der Waals surface area (Å²) in [6.07, 6.45) is 0. The number of nitrogens with one attached hydrogen (secondary N) is 1. The van der Waals surface area contributed by atoms with E-state index in [0.29, 0.717) is 6.54 Å². The monoisotopic (exact) mass is 215 g/mol. The Morgan fingerprint density at radius 1 is 1.45 bits per heavy atom. The Bertz CT molecular complexity index is 249. The first kappa shape index (κ1) is 8.52. The number of nitrogens with two attached hydrogens (primary N) is 2. The van der Waals surface area contributed by atoms with Crippen molar-refractivity contribution in [3.8, 4) is 0 Å². The molecule has 11 heavy (non-hydrogen) atoms. The Kier molecular flexibility index (Phi) is 2.87. The molecule has 1 aromatic rings. The molecule has 0 aliphatic heterocycles. The van der Waals surface area contributed by atoms with Crippen molar-refractivity contribution in [3.05, 3.63) is 28.2 Å². The van der Waals surface area contributed by atoms with E-state index < -0.39 is 0 Å². The molecule has 0 spiro atoms. The van der Waals surface area contributed by atoms with E-state index in [-0.39, 0.29) is 0 Å². The van der Waals surface area contributed by atoms with Crippen LogP contribution in [0.4, 0.5) is 5.69 Å². The summed E-state index contributed by atoms with van der Waals surface area (Å²) < 4.78 is 0.989. The first-order valence-corrected chi connectivity index (χ1v) is 4.02. The zero-order valence-electron chi connectivity index (χ0n) is 5.97. The van der Waals surface area contributed by atoms with Crippen LogP contribution in [-0.4, -0.2) is 0 Å². The van der Waals surface area contributed by atoms with E-state index in [1.807, 2.05) is 18.2 Å². The van der Waals surface area contributed by atoms with Crippen molar-refractivity contribution in [2.45, 2.75) is 6.54 Å². The molecule has 0 fully saturated rings. The number of anilines is 1. The topological polar surface area (TPSA) is 64.1 Å². The maximum atomic E-state index is 5.47. The van der Waals surface area contributed by atoms with Crippen molar-refractivity contribution in [2.75, 3.05) is 5.43 Å². The second-order valence-corrected chi connectivity index (χ2v) is 3.07. The van der Waals surface area contributed by atoms with Crippen molar-refractivity contribution < 1.29 is 0 Å². The van der Waals surface area contributed by atoms with Crippen molar-refractivity contribution in [3.63, 3.8) is 0 Å². The third-order valence-corrected chi connectivity index (χ3v) is 1.94. The summed E-state index contributed by atoms with van der Waals surface area (Å²) in [7, 11) is 0. The van der Waals surface area contributed by atoms with Crippen LogP contribution in [0.1, 0.15) is 5.56 Å². The van der Waals surface area contributed by atoms with Crippen molar-refractivity contribution >= 4 is 21.6 Å². The molecule has 0 aromatic heterocycles. The van der Waals surface area contributed by atoms with Gasteiger partial charge in [0.1, 0.15) is 0 Å². The fraction of sp³-hybridized carbons (Fsp3) is 0.143. The third kappa shape index (κ3) is 1.92. The molecule has 60 valence electrons. The van der Waals surface area contributed by atoms with Gasteiger partial charge in [0, 0.05) is 11.0 Å². The maximum Gasteiger partial charge on any atom is 0.0541 e. The average Bonchev–Trinajstić information content (AvgIpc) is 2.04. The van der Waals surface area contributed by atoms with E-state index in [0.717, 1.165) is 15.7 Å². The van der Waals surface area contributed by atoms with Crippen LogP contribution in [0.2, 0.25) is 0 Å². The van der Waals surface area contributed by atoms with Gasteiger partial charge in [0.05, 0.1) is 5.69 Å². The summed E-state index contributed by atoms with van der Waals surface area (Å²) >= 11 is 3.33. The molecule has 0 aliphatic carbocycles.